The summed E-state index contributed by atoms with van der Waals surface area (Å²) in [5.41, 5.74) is 6.03. The van der Waals surface area contributed by atoms with Gasteiger partial charge in [-0.2, -0.15) is 0 Å². The SMILES string of the molecule is Nc1ccccc1C1(C(=O)O)CCOC1. The van der Waals surface area contributed by atoms with Crippen LogP contribution in [-0.4, -0.2) is 24.3 Å². The van der Waals surface area contributed by atoms with Gasteiger partial charge in [0.05, 0.1) is 6.61 Å². The number of nitrogens with two attached hydrogens (primary N) is 1. The molecular formula is C11H13NO3. The van der Waals surface area contributed by atoms with Crippen LogP contribution in [0.2, 0.25) is 0 Å². The molecule has 1 aliphatic heterocycles. The standard InChI is InChI=1S/C11H13NO3/c12-9-4-2-1-3-8(9)11(10(13)14)5-6-15-7-11/h1-4H,5-7,12H2,(H,13,14). The molecule has 0 aromatic heterocycles. The van der Waals surface area contributed by atoms with Crippen LogP contribution in [0.5, 0.6) is 0 Å². The van der Waals surface area contributed by atoms with Crippen LogP contribution in [0.3, 0.4) is 0 Å². The molecule has 2 rings (SSSR count). The zero-order chi connectivity index (χ0) is 10.9. The molecule has 80 valence electrons. The minimum absolute atomic E-state index is 0.205. The van der Waals surface area contributed by atoms with Gasteiger partial charge in [-0.3, -0.25) is 4.79 Å². The molecule has 0 spiro atoms. The van der Waals surface area contributed by atoms with E-state index in [0.717, 1.165) is 0 Å². The number of carbonyl (C=O) groups is 1. The maximum absolute atomic E-state index is 11.3. The number of nitrogen functional groups attached to an aromatic ring is 1. The van der Waals surface area contributed by atoms with Crippen molar-refractivity contribution < 1.29 is 14.6 Å². The first-order valence-electron chi connectivity index (χ1n) is 4.83. The van der Waals surface area contributed by atoms with Crippen LogP contribution in [-0.2, 0) is 14.9 Å². The van der Waals surface area contributed by atoms with Gasteiger partial charge in [0.25, 0.3) is 0 Å². The van der Waals surface area contributed by atoms with Crippen molar-refractivity contribution in [2.45, 2.75) is 11.8 Å². The second kappa shape index (κ2) is 3.55. The minimum Gasteiger partial charge on any atom is -0.481 e. The lowest BCUT2D eigenvalue weighted by molar-refractivity contribution is -0.143. The van der Waals surface area contributed by atoms with Gasteiger partial charge in [0, 0.05) is 12.3 Å². The van der Waals surface area contributed by atoms with Gasteiger partial charge in [-0.25, -0.2) is 0 Å². The quantitative estimate of drug-likeness (QED) is 0.710. The molecule has 1 unspecified atom stereocenters. The highest BCUT2D eigenvalue weighted by Gasteiger charge is 2.45. The van der Waals surface area contributed by atoms with Crippen LogP contribution in [0.25, 0.3) is 0 Å². The van der Waals surface area contributed by atoms with Crippen molar-refractivity contribution >= 4 is 11.7 Å². The number of para-hydroxylation sites is 1. The van der Waals surface area contributed by atoms with E-state index < -0.39 is 11.4 Å². The topological polar surface area (TPSA) is 72.6 Å². The highest BCUT2D eigenvalue weighted by atomic mass is 16.5. The molecule has 15 heavy (non-hydrogen) atoms. The van der Waals surface area contributed by atoms with Crippen molar-refractivity contribution in [3.63, 3.8) is 0 Å². The first kappa shape index (κ1) is 9.98. The molecule has 0 amide bonds. The monoisotopic (exact) mass is 207 g/mol. The van der Waals surface area contributed by atoms with E-state index in [1.54, 1.807) is 24.3 Å². The van der Waals surface area contributed by atoms with Crippen LogP contribution in [0, 0.1) is 0 Å². The number of anilines is 1. The van der Waals surface area contributed by atoms with Crippen molar-refractivity contribution in [1.82, 2.24) is 0 Å². The van der Waals surface area contributed by atoms with Crippen molar-refractivity contribution in [1.29, 1.82) is 0 Å². The van der Waals surface area contributed by atoms with E-state index in [0.29, 0.717) is 24.3 Å². The maximum atomic E-state index is 11.3. The van der Waals surface area contributed by atoms with E-state index in [1.165, 1.54) is 0 Å². The van der Waals surface area contributed by atoms with E-state index in [9.17, 15) is 9.90 Å². The van der Waals surface area contributed by atoms with Crippen LogP contribution >= 0.6 is 0 Å². The fraction of sp³-hybridized carbons (Fsp3) is 0.364. The van der Waals surface area contributed by atoms with Gasteiger partial charge in [-0.1, -0.05) is 18.2 Å². The normalized spacial score (nSPS) is 25.3. The minimum atomic E-state index is -0.953. The Labute approximate surface area is 87.7 Å². The number of aliphatic carboxylic acids is 1. The molecule has 0 bridgehead atoms. The summed E-state index contributed by atoms with van der Waals surface area (Å²) in [5, 5.41) is 9.31. The van der Waals surface area contributed by atoms with E-state index in [4.69, 9.17) is 10.5 Å². The Balaban J connectivity index is 2.50. The van der Waals surface area contributed by atoms with Crippen LogP contribution in [0.1, 0.15) is 12.0 Å². The summed E-state index contributed by atoms with van der Waals surface area (Å²) in [6.45, 7) is 0.678. The molecule has 4 nitrogen and oxygen atoms in total. The first-order chi connectivity index (χ1) is 7.17. The van der Waals surface area contributed by atoms with Gasteiger partial charge in [-0.15, -0.1) is 0 Å². The molecule has 1 aliphatic rings. The number of ether oxygens (including phenoxy) is 1. The number of carboxylic acids is 1. The van der Waals surface area contributed by atoms with Gasteiger partial charge >= 0.3 is 5.97 Å². The molecule has 1 atom stereocenters. The fourth-order valence-electron chi connectivity index (χ4n) is 1.99. The third-order valence-corrected chi connectivity index (χ3v) is 2.91. The summed E-state index contributed by atoms with van der Waals surface area (Å²) in [4.78, 5) is 11.3. The number of benzene rings is 1. The molecule has 0 saturated carbocycles. The average Bonchev–Trinajstić information content (AvgIpc) is 2.68. The van der Waals surface area contributed by atoms with Gasteiger partial charge < -0.3 is 15.6 Å². The summed E-state index contributed by atoms with van der Waals surface area (Å²) in [5.74, 6) is -0.863. The second-order valence-electron chi connectivity index (χ2n) is 3.78. The average molecular weight is 207 g/mol. The molecule has 4 heteroatoms. The van der Waals surface area contributed by atoms with Crippen molar-refractivity contribution in [2.75, 3.05) is 18.9 Å². The fourth-order valence-corrected chi connectivity index (χ4v) is 1.99. The zero-order valence-electron chi connectivity index (χ0n) is 8.27. The van der Waals surface area contributed by atoms with E-state index in [1.807, 2.05) is 0 Å². The lowest BCUT2D eigenvalue weighted by atomic mass is 9.79. The summed E-state index contributed by atoms with van der Waals surface area (Å²) in [6, 6.07) is 7.08. The Morgan fingerprint density at radius 3 is 2.73 bits per heavy atom. The predicted molar refractivity (Wildman–Crippen MR) is 55.6 cm³/mol. The lowest BCUT2D eigenvalue weighted by Crippen LogP contribution is -2.36. The third kappa shape index (κ3) is 1.47. The van der Waals surface area contributed by atoms with Crippen molar-refractivity contribution in [3.05, 3.63) is 29.8 Å². The number of carboxylic acid groups (broad SMARTS) is 1. The molecular weight excluding hydrogens is 194 g/mol. The van der Waals surface area contributed by atoms with E-state index in [2.05, 4.69) is 0 Å². The zero-order valence-corrected chi connectivity index (χ0v) is 8.27. The van der Waals surface area contributed by atoms with Crippen molar-refractivity contribution in [2.24, 2.45) is 0 Å². The maximum Gasteiger partial charge on any atom is 0.316 e. The molecule has 0 aliphatic carbocycles. The smallest absolute Gasteiger partial charge is 0.316 e. The van der Waals surface area contributed by atoms with Gasteiger partial charge in [0.15, 0.2) is 0 Å². The summed E-state index contributed by atoms with van der Waals surface area (Å²) < 4.78 is 5.19. The van der Waals surface area contributed by atoms with Crippen LogP contribution < -0.4 is 5.73 Å². The van der Waals surface area contributed by atoms with Gasteiger partial charge in [0.1, 0.15) is 5.41 Å². The largest absolute Gasteiger partial charge is 0.481 e. The summed E-state index contributed by atoms with van der Waals surface area (Å²) in [6.07, 6.45) is 0.483. The Hall–Kier alpha value is -1.55. The third-order valence-electron chi connectivity index (χ3n) is 2.91. The van der Waals surface area contributed by atoms with E-state index >= 15 is 0 Å². The molecule has 3 N–H and O–H groups in total. The Bertz CT molecular complexity index is 383. The highest BCUT2D eigenvalue weighted by molar-refractivity contribution is 5.84. The number of hydrogen-bond acceptors (Lipinski definition) is 3. The van der Waals surface area contributed by atoms with Gasteiger partial charge in [0.2, 0.25) is 0 Å². The van der Waals surface area contributed by atoms with E-state index in [-0.39, 0.29) is 6.61 Å². The summed E-state index contributed by atoms with van der Waals surface area (Å²) >= 11 is 0. The molecule has 1 saturated heterocycles. The Morgan fingerprint density at radius 2 is 2.20 bits per heavy atom. The second-order valence-corrected chi connectivity index (χ2v) is 3.78. The van der Waals surface area contributed by atoms with Crippen LogP contribution in [0.4, 0.5) is 5.69 Å². The molecule has 1 aromatic rings. The van der Waals surface area contributed by atoms with Crippen LogP contribution in [0.15, 0.2) is 24.3 Å². The van der Waals surface area contributed by atoms with Crippen molar-refractivity contribution in [3.8, 4) is 0 Å². The molecule has 1 heterocycles. The molecule has 1 fully saturated rings. The number of hydrogen-bond donors (Lipinski definition) is 2. The molecule has 0 radical (unpaired) electrons. The van der Waals surface area contributed by atoms with Gasteiger partial charge in [-0.05, 0) is 18.1 Å². The highest BCUT2D eigenvalue weighted by Crippen LogP contribution is 2.36. The number of rotatable bonds is 2. The predicted octanol–water partition coefficient (Wildman–Crippen LogP) is 1.01. The summed E-state index contributed by atoms with van der Waals surface area (Å²) in [7, 11) is 0. The first-order valence-corrected chi connectivity index (χ1v) is 4.83. The Morgan fingerprint density at radius 1 is 1.47 bits per heavy atom. The molecule has 1 aromatic carbocycles. The lowest BCUT2D eigenvalue weighted by Gasteiger charge is -2.23. The Kier molecular flexibility index (Phi) is 2.36.